The van der Waals surface area contributed by atoms with Crippen LogP contribution in [0.25, 0.3) is 22.3 Å². The average molecular weight is 1130 g/mol. The van der Waals surface area contributed by atoms with Gasteiger partial charge >= 0.3 is 42.4 Å². The van der Waals surface area contributed by atoms with Crippen LogP contribution in [0.1, 0.15) is 25.1 Å². The number of H-pyrrole nitrogens is 2. The van der Waals surface area contributed by atoms with E-state index in [1.807, 2.05) is 4.98 Å². The van der Waals surface area contributed by atoms with Crippen molar-refractivity contribution in [3.05, 3.63) is 62.4 Å². The maximum atomic E-state index is 14.3. The molecular formula is C33H46N13O24P4+. The van der Waals surface area contributed by atoms with Gasteiger partial charge in [-0.1, -0.05) is 4.98 Å². The monoisotopic (exact) mass is 1130 g/mol. The highest BCUT2D eigenvalue weighted by atomic mass is 31.3. The molecule has 0 spiro atoms. The summed E-state index contributed by atoms with van der Waals surface area (Å²) in [6, 6.07) is 0.919. The predicted octanol–water partition coefficient (Wildman–Crippen LogP) is -4.68. The van der Waals surface area contributed by atoms with Crippen molar-refractivity contribution in [2.75, 3.05) is 38.4 Å². The fourth-order valence-corrected chi connectivity index (χ4v) is 13.8. The summed E-state index contributed by atoms with van der Waals surface area (Å²) < 4.78 is 105. The standard InChI is InChI=1S/C33H45N13O24P4/c1-43-11-46(27-19(43)28(52)42-32(36)41-27)29-20(49)12(5-16(34)47)13(66-29)6-64-72(56,57)69-74(60,61)70-73(58,59)65-8-15-24(23(62-2)31(68-15)45-10-39-18-25(35)37-9-38-26(18)45)71(54,55)63-7-14-21(50)22(51)30(67-14)44-4-3-17(48)40-33(44)53/h3-4,9-15,20-24,29-31,49-51H,5-8H2,1-2H3,(H11-,34,35,36,37,38,40,41,42,47,48,52,53,54,55,56,57,58,59,60,61)/p+1/t12?,13-,14-,15-,20-,21-,22-,23-,24-,29-,30-,31-/m1/s1. The van der Waals surface area contributed by atoms with E-state index in [4.69, 9.17) is 49.7 Å². The number of aromatic amines is 2. The molecule has 8 rings (SSSR count). The minimum Gasteiger partial charge on any atom is -0.387 e. The molecular weight excluding hydrogens is 1090 g/mol. The Hall–Kier alpha value is -5.07. The SMILES string of the molecule is CO[C@@H]1[C@H](P(=O)(O)OC[C@H]2O[C@@H](n3ccc(=O)[nH]c3=O)[C@H](O)[C@@H]2O)[C@@H](COP(=O)(O)OP(=O)(O)OP(=O)(O)OC[C@H]2O[C@@H]([n+]3cn(C)c4c(=O)[nH]c(N)nc43)[C@H](O)C2CC(N)=O)O[C@H]1n1cnc2c(N)ncnc21. The van der Waals surface area contributed by atoms with Crippen molar-refractivity contribution in [3.8, 4) is 0 Å². The van der Waals surface area contributed by atoms with Crippen LogP contribution in [0.4, 0.5) is 11.8 Å². The van der Waals surface area contributed by atoms with Crippen molar-refractivity contribution in [2.24, 2.45) is 18.7 Å². The van der Waals surface area contributed by atoms with Gasteiger partial charge in [-0.15, -0.1) is 0 Å². The van der Waals surface area contributed by atoms with Crippen LogP contribution in [0, 0.1) is 5.92 Å². The third-order valence-electron chi connectivity index (χ3n) is 11.7. The lowest BCUT2D eigenvalue weighted by atomic mass is 9.94. The summed E-state index contributed by atoms with van der Waals surface area (Å²) in [7, 11) is -21.0. The summed E-state index contributed by atoms with van der Waals surface area (Å²) in [5, 5.41) is 32.7. The highest BCUT2D eigenvalue weighted by molar-refractivity contribution is 7.66. The van der Waals surface area contributed by atoms with Gasteiger partial charge in [-0.25, -0.2) is 38.0 Å². The predicted molar refractivity (Wildman–Crippen MR) is 238 cm³/mol. The Kier molecular flexibility index (Phi) is 15.5. The van der Waals surface area contributed by atoms with E-state index >= 15 is 0 Å². The number of nitrogens with zero attached hydrogens (tertiary/aromatic N) is 8. The third kappa shape index (κ3) is 11.2. The summed E-state index contributed by atoms with van der Waals surface area (Å²) >= 11 is 0. The number of aromatic nitrogens is 10. The van der Waals surface area contributed by atoms with E-state index in [2.05, 4.69) is 33.5 Å². The molecule has 74 heavy (non-hydrogen) atoms. The van der Waals surface area contributed by atoms with Gasteiger partial charge in [0, 0.05) is 31.7 Å². The van der Waals surface area contributed by atoms with Gasteiger partial charge in [0.05, 0.1) is 39.3 Å². The molecule has 0 aromatic carbocycles. The number of aliphatic hydroxyl groups excluding tert-OH is 3. The van der Waals surface area contributed by atoms with Crippen LogP contribution < -0.4 is 38.6 Å². The molecule has 0 bridgehead atoms. The van der Waals surface area contributed by atoms with E-state index in [0.717, 1.165) is 45.7 Å². The molecule has 5 unspecified atom stereocenters. The maximum absolute atomic E-state index is 14.3. The number of rotatable bonds is 20. The number of nitrogens with two attached hydrogens (primary N) is 3. The van der Waals surface area contributed by atoms with E-state index in [1.54, 1.807) is 0 Å². The lowest BCUT2D eigenvalue weighted by Crippen LogP contribution is -2.45. The zero-order chi connectivity index (χ0) is 54.0. The van der Waals surface area contributed by atoms with Crippen LogP contribution in [0.2, 0.25) is 0 Å². The molecule has 41 heteroatoms. The lowest BCUT2D eigenvalue weighted by molar-refractivity contribution is -0.745. The molecule has 0 radical (unpaired) electrons. The molecule has 16 atom stereocenters. The highest BCUT2D eigenvalue weighted by Gasteiger charge is 2.58. The van der Waals surface area contributed by atoms with Crippen LogP contribution in [0.15, 0.2) is 45.6 Å². The van der Waals surface area contributed by atoms with Gasteiger partial charge in [0.15, 0.2) is 30.2 Å². The quantitative estimate of drug-likeness (QED) is 0.0257. The molecule has 3 aliphatic heterocycles. The van der Waals surface area contributed by atoms with Gasteiger partial charge in [0.25, 0.3) is 17.1 Å². The molecule has 0 aliphatic carbocycles. The zero-order valence-electron chi connectivity index (χ0n) is 37.8. The fraction of sp³-hybridized carbons (Fsp3) is 0.545. The first-order chi connectivity index (χ1) is 34.6. The van der Waals surface area contributed by atoms with Crippen molar-refractivity contribution in [2.45, 2.75) is 73.5 Å². The number of hydrogen-bond acceptors (Lipinski definition) is 26. The lowest BCUT2D eigenvalue weighted by Gasteiger charge is -2.28. The van der Waals surface area contributed by atoms with Crippen LogP contribution in [-0.4, -0.2) is 160 Å². The van der Waals surface area contributed by atoms with Crippen LogP contribution in [0.5, 0.6) is 0 Å². The van der Waals surface area contributed by atoms with Gasteiger partial charge in [0.2, 0.25) is 17.7 Å². The number of hydrogen-bond donors (Lipinski definition) is 12. The molecule has 406 valence electrons. The number of amides is 1. The Labute approximate surface area is 410 Å². The van der Waals surface area contributed by atoms with Gasteiger partial charge in [-0.05, 0) is 0 Å². The largest absolute Gasteiger partial charge is 0.490 e. The molecule has 3 aliphatic rings. The molecule has 3 saturated heterocycles. The summed E-state index contributed by atoms with van der Waals surface area (Å²) in [6.07, 6.45) is -13.0. The first kappa shape index (κ1) is 55.2. The smallest absolute Gasteiger partial charge is 0.387 e. The molecule has 1 amide bonds. The van der Waals surface area contributed by atoms with E-state index in [0.29, 0.717) is 0 Å². The number of aryl methyl sites for hydroxylation is 1. The molecule has 37 nitrogen and oxygen atoms in total. The van der Waals surface area contributed by atoms with E-state index in [-0.39, 0.29) is 34.1 Å². The molecule has 8 heterocycles. The van der Waals surface area contributed by atoms with Crippen molar-refractivity contribution < 1.29 is 104 Å². The Bertz CT molecular complexity index is 3330. The van der Waals surface area contributed by atoms with E-state index < -0.39 is 153 Å². The van der Waals surface area contributed by atoms with Gasteiger partial charge in [-0.2, -0.15) is 8.62 Å². The number of phosphoric acid groups is 3. The van der Waals surface area contributed by atoms with Crippen molar-refractivity contribution >= 4 is 71.1 Å². The number of carbonyl (C=O) groups excluding carboxylic acids is 1. The van der Waals surface area contributed by atoms with Gasteiger partial charge < -0.3 is 75.6 Å². The second kappa shape index (κ2) is 20.8. The number of aliphatic hydroxyl groups is 3. The number of nitrogen functional groups attached to an aromatic ring is 2. The molecule has 5 aromatic rings. The fourth-order valence-electron chi connectivity index (χ4n) is 8.56. The molecule has 5 aromatic heterocycles. The molecule has 3 fully saturated rings. The second-order valence-corrected chi connectivity index (χ2v) is 23.2. The first-order valence-corrected chi connectivity index (χ1v) is 27.2. The third-order valence-corrected chi connectivity index (χ3v) is 17.9. The van der Waals surface area contributed by atoms with E-state index in [1.165, 1.54) is 17.9 Å². The zero-order valence-corrected chi connectivity index (χ0v) is 41.4. The Balaban J connectivity index is 0.962. The minimum atomic E-state index is -6.25. The number of ether oxygens (including phenoxy) is 4. The molecule has 15 N–H and O–H groups in total. The number of primary amides is 1. The van der Waals surface area contributed by atoms with Gasteiger partial charge in [0.1, 0.15) is 54.1 Å². The maximum Gasteiger partial charge on any atom is 0.490 e. The Morgan fingerprint density at radius 1 is 0.824 bits per heavy atom. The summed E-state index contributed by atoms with van der Waals surface area (Å²) in [6.45, 7) is -3.43. The highest BCUT2D eigenvalue weighted by Crippen LogP contribution is 2.68. The summed E-state index contributed by atoms with van der Waals surface area (Å²) in [5.74, 6) is -2.72. The number of anilines is 2. The Morgan fingerprint density at radius 2 is 1.47 bits per heavy atom. The van der Waals surface area contributed by atoms with Crippen molar-refractivity contribution in [1.29, 1.82) is 0 Å². The normalized spacial score (nSPS) is 30.6. The van der Waals surface area contributed by atoms with Crippen LogP contribution in [-0.2, 0) is 71.2 Å². The topological polar surface area (TPSA) is 541 Å². The Morgan fingerprint density at radius 3 is 2.12 bits per heavy atom. The number of imidazole rings is 2. The molecule has 0 saturated carbocycles. The second-order valence-electron chi connectivity index (χ2n) is 16.6. The van der Waals surface area contributed by atoms with E-state index in [9.17, 15) is 72.3 Å². The number of methoxy groups -OCH3 is 1. The summed E-state index contributed by atoms with van der Waals surface area (Å²) in [4.78, 5) is 112. The number of fused-ring (bicyclic) bond motifs is 2. The van der Waals surface area contributed by atoms with Crippen LogP contribution >= 0.6 is 31.1 Å². The van der Waals surface area contributed by atoms with Crippen molar-refractivity contribution in [1.82, 2.24) is 43.6 Å². The first-order valence-electron chi connectivity index (χ1n) is 21.1. The number of nitrogens with one attached hydrogen (secondary N) is 2. The number of phosphoric ester groups is 2. The average Bonchev–Trinajstić information content (AvgIpc) is 4.10. The summed E-state index contributed by atoms with van der Waals surface area (Å²) in [5.41, 5.74) is 12.4. The number of carbonyl (C=O) groups is 1. The van der Waals surface area contributed by atoms with Gasteiger partial charge in [-0.3, -0.25) is 51.7 Å². The van der Waals surface area contributed by atoms with Crippen molar-refractivity contribution in [3.63, 3.8) is 0 Å². The van der Waals surface area contributed by atoms with Crippen LogP contribution in [0.3, 0.4) is 0 Å². The minimum absolute atomic E-state index is 0.0213.